The summed E-state index contributed by atoms with van der Waals surface area (Å²) in [5, 5.41) is 7.39. The van der Waals surface area contributed by atoms with Crippen LogP contribution in [0.4, 0.5) is 4.39 Å². The zero-order chi connectivity index (χ0) is 18.8. The average Bonchev–Trinajstić information content (AvgIpc) is 3.25. The number of likely N-dealkylation sites (tertiary alicyclic amines) is 1. The van der Waals surface area contributed by atoms with Gasteiger partial charge < -0.3 is 14.4 Å². The van der Waals surface area contributed by atoms with Gasteiger partial charge in [0.05, 0.1) is 6.61 Å². The van der Waals surface area contributed by atoms with Crippen LogP contribution in [-0.4, -0.2) is 59.4 Å². The molecule has 2 atom stereocenters. The number of carbonyl (C=O) groups is 1. The second-order valence-corrected chi connectivity index (χ2v) is 7.22. The summed E-state index contributed by atoms with van der Waals surface area (Å²) in [5.41, 5.74) is 0. The predicted octanol–water partition coefficient (Wildman–Crippen LogP) is 2.09. The van der Waals surface area contributed by atoms with Gasteiger partial charge in [0, 0.05) is 38.0 Å². The number of H-pyrrole nitrogens is 1. The lowest BCUT2D eigenvalue weighted by atomic mass is 9.96. The Morgan fingerprint density at radius 2 is 2.07 bits per heavy atom. The second-order valence-electron chi connectivity index (χ2n) is 7.22. The number of hydrogen-bond acceptors (Lipinski definition) is 5. The normalized spacial score (nSPS) is 22.2. The Hall–Kier alpha value is -2.48. The van der Waals surface area contributed by atoms with Crippen LogP contribution in [0.15, 0.2) is 24.3 Å². The Balaban J connectivity index is 1.39. The Morgan fingerprint density at radius 3 is 2.78 bits per heavy atom. The largest absolute Gasteiger partial charge is 0.484 e. The number of halogens is 1. The van der Waals surface area contributed by atoms with Crippen molar-refractivity contribution in [2.45, 2.75) is 24.7 Å². The Morgan fingerprint density at radius 1 is 1.30 bits per heavy atom. The molecule has 4 rings (SSSR count). The van der Waals surface area contributed by atoms with E-state index in [9.17, 15) is 9.18 Å². The van der Waals surface area contributed by atoms with Gasteiger partial charge >= 0.3 is 0 Å². The van der Waals surface area contributed by atoms with Crippen molar-refractivity contribution in [3.8, 4) is 5.75 Å². The first kappa shape index (κ1) is 17.9. The summed E-state index contributed by atoms with van der Waals surface area (Å²) < 4.78 is 23.8. The number of ether oxygens (including phenoxy) is 2. The highest BCUT2D eigenvalue weighted by Crippen LogP contribution is 2.39. The fourth-order valence-corrected chi connectivity index (χ4v) is 3.51. The summed E-state index contributed by atoms with van der Waals surface area (Å²) in [6.45, 7) is 1.61. The highest BCUT2D eigenvalue weighted by atomic mass is 19.1. The van der Waals surface area contributed by atoms with Gasteiger partial charge in [-0.3, -0.25) is 9.89 Å². The van der Waals surface area contributed by atoms with E-state index in [0.717, 1.165) is 24.5 Å². The molecule has 1 aromatic carbocycles. The molecule has 1 aromatic heterocycles. The summed E-state index contributed by atoms with van der Waals surface area (Å²) in [6, 6.07) is 5.64. The minimum Gasteiger partial charge on any atom is -0.484 e. The van der Waals surface area contributed by atoms with Crippen molar-refractivity contribution >= 4 is 5.91 Å². The predicted molar refractivity (Wildman–Crippen MR) is 94.9 cm³/mol. The maximum absolute atomic E-state index is 12.9. The van der Waals surface area contributed by atoms with Crippen molar-refractivity contribution in [2.24, 2.45) is 5.92 Å². The van der Waals surface area contributed by atoms with E-state index in [4.69, 9.17) is 9.47 Å². The van der Waals surface area contributed by atoms with Gasteiger partial charge in [-0.15, -0.1) is 0 Å². The number of rotatable bonds is 7. The molecule has 27 heavy (non-hydrogen) atoms. The second kappa shape index (κ2) is 7.64. The molecule has 1 N–H and O–H groups in total. The van der Waals surface area contributed by atoms with Gasteiger partial charge in [-0.2, -0.15) is 5.10 Å². The Labute approximate surface area is 156 Å². The number of hydrogen-bond donors (Lipinski definition) is 1. The van der Waals surface area contributed by atoms with Crippen LogP contribution in [0.25, 0.3) is 0 Å². The maximum atomic E-state index is 12.9. The summed E-state index contributed by atoms with van der Waals surface area (Å²) in [4.78, 5) is 19.0. The van der Waals surface area contributed by atoms with Gasteiger partial charge in [0.1, 0.15) is 17.4 Å². The van der Waals surface area contributed by atoms with E-state index < -0.39 is 0 Å². The number of benzene rings is 1. The first-order valence-electron chi connectivity index (χ1n) is 9.21. The molecule has 144 valence electrons. The lowest BCUT2D eigenvalue weighted by Crippen LogP contribution is -2.33. The lowest BCUT2D eigenvalue weighted by molar-refractivity contribution is -0.132. The van der Waals surface area contributed by atoms with Gasteiger partial charge in [-0.1, -0.05) is 0 Å². The van der Waals surface area contributed by atoms with Crippen molar-refractivity contribution in [2.75, 3.05) is 33.4 Å². The van der Waals surface area contributed by atoms with Gasteiger partial charge in [0.25, 0.3) is 5.91 Å². The van der Waals surface area contributed by atoms with Crippen LogP contribution in [0.1, 0.15) is 36.3 Å². The molecule has 1 amide bonds. The summed E-state index contributed by atoms with van der Waals surface area (Å²) >= 11 is 0. The number of nitrogens with zero attached hydrogens (tertiary/aromatic N) is 3. The fourth-order valence-electron chi connectivity index (χ4n) is 3.51. The van der Waals surface area contributed by atoms with Crippen molar-refractivity contribution in [3.05, 3.63) is 41.7 Å². The zero-order valence-corrected chi connectivity index (χ0v) is 15.2. The van der Waals surface area contributed by atoms with Crippen LogP contribution in [0.3, 0.4) is 0 Å². The molecule has 2 fully saturated rings. The zero-order valence-electron chi connectivity index (χ0n) is 15.2. The monoisotopic (exact) mass is 374 g/mol. The molecule has 8 heteroatoms. The van der Waals surface area contributed by atoms with Gasteiger partial charge in [0.2, 0.25) is 0 Å². The topological polar surface area (TPSA) is 80.3 Å². The number of methoxy groups -OCH3 is 1. The van der Waals surface area contributed by atoms with E-state index in [1.165, 1.54) is 24.3 Å². The smallest absolute Gasteiger partial charge is 0.260 e. The van der Waals surface area contributed by atoms with E-state index in [1.807, 2.05) is 0 Å². The quantitative estimate of drug-likeness (QED) is 0.803. The average molecular weight is 374 g/mol. The first-order valence-corrected chi connectivity index (χ1v) is 9.21. The van der Waals surface area contributed by atoms with E-state index >= 15 is 0 Å². The molecule has 2 heterocycles. The van der Waals surface area contributed by atoms with Crippen LogP contribution in [-0.2, 0) is 9.53 Å². The van der Waals surface area contributed by atoms with Gasteiger partial charge in [-0.05, 0) is 37.1 Å². The summed E-state index contributed by atoms with van der Waals surface area (Å²) in [5.74, 6) is 2.45. The van der Waals surface area contributed by atoms with E-state index in [0.29, 0.717) is 31.4 Å². The minimum atomic E-state index is -0.337. The number of aromatic amines is 1. The van der Waals surface area contributed by atoms with Gasteiger partial charge in [-0.25, -0.2) is 9.37 Å². The van der Waals surface area contributed by atoms with Crippen LogP contribution in [0.2, 0.25) is 0 Å². The molecule has 7 nitrogen and oxygen atoms in total. The third-order valence-corrected chi connectivity index (χ3v) is 5.16. The van der Waals surface area contributed by atoms with Crippen molar-refractivity contribution < 1.29 is 18.7 Å². The first-order chi connectivity index (χ1) is 13.1. The maximum Gasteiger partial charge on any atom is 0.260 e. The number of nitrogens with one attached hydrogen (secondary N) is 1. The molecule has 0 spiro atoms. The summed E-state index contributed by atoms with van der Waals surface area (Å²) in [7, 11) is 1.66. The molecule has 1 saturated carbocycles. The fraction of sp³-hybridized carbons (Fsp3) is 0.526. The SMILES string of the molecule is COC[C@@H]1CN(C(=O)COc2ccc(F)cc2)C[C@H]1c1nc(C2CC2)n[nH]1. The highest BCUT2D eigenvalue weighted by molar-refractivity contribution is 5.78. The number of aromatic nitrogens is 3. The highest BCUT2D eigenvalue weighted by Gasteiger charge is 2.39. The molecule has 0 unspecified atom stereocenters. The molecule has 2 aliphatic rings. The Kier molecular flexibility index (Phi) is 5.07. The van der Waals surface area contributed by atoms with Crippen molar-refractivity contribution in [3.63, 3.8) is 0 Å². The molecule has 0 radical (unpaired) electrons. The number of amides is 1. The summed E-state index contributed by atoms with van der Waals surface area (Å²) in [6.07, 6.45) is 2.30. The third-order valence-electron chi connectivity index (χ3n) is 5.16. The van der Waals surface area contributed by atoms with Crippen molar-refractivity contribution in [1.82, 2.24) is 20.1 Å². The van der Waals surface area contributed by atoms with Crippen LogP contribution >= 0.6 is 0 Å². The third kappa shape index (κ3) is 4.10. The van der Waals surface area contributed by atoms with Crippen LogP contribution in [0, 0.1) is 11.7 Å². The molecule has 2 aromatic rings. The molecule has 0 bridgehead atoms. The van der Waals surface area contributed by atoms with Crippen LogP contribution in [0.5, 0.6) is 5.75 Å². The minimum absolute atomic E-state index is 0.0692. The molecule has 1 saturated heterocycles. The van der Waals surface area contributed by atoms with E-state index in [2.05, 4.69) is 15.2 Å². The molecule has 1 aliphatic heterocycles. The molecule has 1 aliphatic carbocycles. The number of carbonyl (C=O) groups excluding carboxylic acids is 1. The molecular weight excluding hydrogens is 351 g/mol. The molecular formula is C19H23FN4O3. The van der Waals surface area contributed by atoms with E-state index in [1.54, 1.807) is 12.0 Å². The standard InChI is InChI=1S/C19H23FN4O3/c1-26-10-13-8-24(17(25)11-27-15-6-4-14(20)5-7-15)9-16(13)19-21-18(22-23-19)12-2-3-12/h4-7,12-13,16H,2-3,8-11H2,1H3,(H,21,22,23)/t13-,16+/m0/s1. The lowest BCUT2D eigenvalue weighted by Gasteiger charge is -2.16. The van der Waals surface area contributed by atoms with Crippen LogP contribution < -0.4 is 4.74 Å². The Bertz CT molecular complexity index is 791. The van der Waals surface area contributed by atoms with Crippen molar-refractivity contribution in [1.29, 1.82) is 0 Å². The van der Waals surface area contributed by atoms with Gasteiger partial charge in [0.15, 0.2) is 12.4 Å². The van der Waals surface area contributed by atoms with E-state index in [-0.39, 0.29) is 30.2 Å².